The van der Waals surface area contributed by atoms with E-state index in [0.717, 1.165) is 11.5 Å². The molecule has 0 aliphatic heterocycles. The first-order valence-electron chi connectivity index (χ1n) is 8.96. The molecule has 0 aliphatic rings. The summed E-state index contributed by atoms with van der Waals surface area (Å²) in [5.74, 6) is 1.83. The Labute approximate surface area is 165 Å². The summed E-state index contributed by atoms with van der Waals surface area (Å²) in [6.45, 7) is 0.411. The summed E-state index contributed by atoms with van der Waals surface area (Å²) in [5, 5.41) is 2.75. The van der Waals surface area contributed by atoms with Gasteiger partial charge in [0.05, 0.1) is 27.4 Å². The molecule has 0 bridgehead atoms. The quantitative estimate of drug-likeness (QED) is 0.635. The van der Waals surface area contributed by atoms with Crippen LogP contribution in [0.1, 0.15) is 12.8 Å². The second-order valence-corrected chi connectivity index (χ2v) is 6.15. The molecule has 7 heteroatoms. The number of ether oxygens (including phenoxy) is 3. The van der Waals surface area contributed by atoms with Crippen molar-refractivity contribution in [3.05, 3.63) is 48.5 Å². The van der Waals surface area contributed by atoms with E-state index in [1.807, 2.05) is 24.3 Å². The number of hydrogen-bond donors (Lipinski definition) is 1. The third kappa shape index (κ3) is 6.83. The molecule has 2 aromatic rings. The Morgan fingerprint density at radius 2 is 1.43 bits per heavy atom. The van der Waals surface area contributed by atoms with Crippen LogP contribution in [0.4, 0.5) is 5.69 Å². The molecule has 150 valence electrons. The summed E-state index contributed by atoms with van der Waals surface area (Å²) in [4.78, 5) is 25.7. The van der Waals surface area contributed by atoms with E-state index < -0.39 is 0 Å². The van der Waals surface area contributed by atoms with Gasteiger partial charge in [-0.1, -0.05) is 0 Å². The highest BCUT2D eigenvalue weighted by Gasteiger charge is 2.13. The number of nitrogens with zero attached hydrogens (tertiary/aromatic N) is 1. The summed E-state index contributed by atoms with van der Waals surface area (Å²) >= 11 is 0. The number of methoxy groups -OCH3 is 2. The zero-order valence-corrected chi connectivity index (χ0v) is 16.4. The largest absolute Gasteiger partial charge is 0.497 e. The standard InChI is InChI=1S/C21H26N2O5/c1-23(15-20(24)22-16-6-8-17(26-2)9-7-16)21(25)5-4-14-28-19-12-10-18(27-3)11-13-19/h6-13H,4-5,14-15H2,1-3H3,(H,22,24). The molecule has 0 radical (unpaired) electrons. The Kier molecular flexibility index (Phi) is 8.14. The van der Waals surface area contributed by atoms with Crippen LogP contribution < -0.4 is 19.5 Å². The van der Waals surface area contributed by atoms with Crippen molar-refractivity contribution in [2.75, 3.05) is 39.7 Å². The highest BCUT2D eigenvalue weighted by molar-refractivity contribution is 5.94. The molecule has 1 N–H and O–H groups in total. The predicted octanol–water partition coefficient (Wildman–Crippen LogP) is 2.96. The molecule has 0 saturated heterocycles. The van der Waals surface area contributed by atoms with E-state index >= 15 is 0 Å². The average molecular weight is 386 g/mol. The van der Waals surface area contributed by atoms with Gasteiger partial charge in [-0.15, -0.1) is 0 Å². The van der Waals surface area contributed by atoms with E-state index in [2.05, 4.69) is 5.32 Å². The van der Waals surface area contributed by atoms with E-state index in [1.165, 1.54) is 4.90 Å². The van der Waals surface area contributed by atoms with Gasteiger partial charge in [-0.05, 0) is 55.0 Å². The Hall–Kier alpha value is -3.22. The smallest absolute Gasteiger partial charge is 0.243 e. The van der Waals surface area contributed by atoms with Gasteiger partial charge in [-0.2, -0.15) is 0 Å². The lowest BCUT2D eigenvalue weighted by Crippen LogP contribution is -2.34. The molecule has 28 heavy (non-hydrogen) atoms. The molecule has 0 saturated carbocycles. The molecule has 2 rings (SSSR count). The lowest BCUT2D eigenvalue weighted by atomic mass is 10.2. The minimum absolute atomic E-state index is 0.00972. The molecule has 0 atom stereocenters. The number of hydrogen-bond acceptors (Lipinski definition) is 5. The van der Waals surface area contributed by atoms with E-state index in [0.29, 0.717) is 30.9 Å². The van der Waals surface area contributed by atoms with E-state index in [9.17, 15) is 9.59 Å². The number of amides is 2. The number of benzene rings is 2. The van der Waals surface area contributed by atoms with Crippen molar-refractivity contribution >= 4 is 17.5 Å². The molecule has 7 nitrogen and oxygen atoms in total. The molecule has 0 aliphatic carbocycles. The Balaban J connectivity index is 1.67. The monoisotopic (exact) mass is 386 g/mol. The van der Waals surface area contributed by atoms with Crippen LogP contribution in [0.25, 0.3) is 0 Å². The van der Waals surface area contributed by atoms with Crippen molar-refractivity contribution in [3.8, 4) is 17.2 Å². The number of likely N-dealkylation sites (N-methyl/N-ethyl adjacent to an activating group) is 1. The maximum absolute atomic E-state index is 12.2. The number of carbonyl (C=O) groups is 2. The second-order valence-electron chi connectivity index (χ2n) is 6.15. The van der Waals surface area contributed by atoms with E-state index in [-0.39, 0.29) is 18.4 Å². The lowest BCUT2D eigenvalue weighted by molar-refractivity contribution is -0.133. The van der Waals surface area contributed by atoms with Crippen molar-refractivity contribution in [1.29, 1.82) is 0 Å². The number of rotatable bonds is 10. The Morgan fingerprint density at radius 1 is 0.893 bits per heavy atom. The molecular formula is C21H26N2O5. The molecule has 0 fully saturated rings. The van der Waals surface area contributed by atoms with Crippen LogP contribution in [0.5, 0.6) is 17.2 Å². The van der Waals surface area contributed by atoms with E-state index in [4.69, 9.17) is 14.2 Å². The zero-order chi connectivity index (χ0) is 20.4. The highest BCUT2D eigenvalue weighted by Crippen LogP contribution is 2.17. The fraction of sp³-hybridized carbons (Fsp3) is 0.333. The minimum Gasteiger partial charge on any atom is -0.497 e. The van der Waals surface area contributed by atoms with Crippen LogP contribution in [0.3, 0.4) is 0 Å². The second kappa shape index (κ2) is 10.8. The average Bonchev–Trinajstić information content (AvgIpc) is 2.71. The van der Waals surface area contributed by atoms with E-state index in [1.54, 1.807) is 45.5 Å². The summed E-state index contributed by atoms with van der Waals surface area (Å²) in [6.07, 6.45) is 0.873. The first-order valence-corrected chi connectivity index (χ1v) is 8.96. The fourth-order valence-electron chi connectivity index (χ4n) is 2.45. The maximum Gasteiger partial charge on any atom is 0.243 e. The van der Waals surface area contributed by atoms with Gasteiger partial charge in [-0.3, -0.25) is 9.59 Å². The van der Waals surface area contributed by atoms with Crippen LogP contribution in [-0.2, 0) is 9.59 Å². The fourth-order valence-corrected chi connectivity index (χ4v) is 2.45. The van der Waals surface area contributed by atoms with Gasteiger partial charge in [0.25, 0.3) is 0 Å². The van der Waals surface area contributed by atoms with Crippen molar-refractivity contribution in [2.45, 2.75) is 12.8 Å². The Bertz CT molecular complexity index is 759. The summed E-state index contributed by atoms with van der Waals surface area (Å²) in [5.41, 5.74) is 0.652. The lowest BCUT2D eigenvalue weighted by Gasteiger charge is -2.17. The van der Waals surface area contributed by atoms with Gasteiger partial charge in [0.15, 0.2) is 0 Å². The molecule has 2 amide bonds. The van der Waals surface area contributed by atoms with Gasteiger partial charge in [0, 0.05) is 19.2 Å². The van der Waals surface area contributed by atoms with Gasteiger partial charge >= 0.3 is 0 Å². The van der Waals surface area contributed by atoms with Crippen LogP contribution in [0, 0.1) is 0 Å². The van der Waals surface area contributed by atoms with Crippen LogP contribution in [0.15, 0.2) is 48.5 Å². The maximum atomic E-state index is 12.2. The molecular weight excluding hydrogens is 360 g/mol. The van der Waals surface area contributed by atoms with Crippen molar-refractivity contribution in [1.82, 2.24) is 4.90 Å². The molecule has 0 heterocycles. The zero-order valence-electron chi connectivity index (χ0n) is 16.4. The first-order chi connectivity index (χ1) is 13.5. The topological polar surface area (TPSA) is 77.1 Å². The summed E-state index contributed by atoms with van der Waals surface area (Å²) in [7, 11) is 4.80. The SMILES string of the molecule is COc1ccc(NC(=O)CN(C)C(=O)CCCOc2ccc(OC)cc2)cc1. The van der Waals surface area contributed by atoms with Gasteiger partial charge in [-0.25, -0.2) is 0 Å². The number of nitrogens with one attached hydrogen (secondary N) is 1. The van der Waals surface area contributed by atoms with Crippen molar-refractivity contribution < 1.29 is 23.8 Å². The normalized spacial score (nSPS) is 10.1. The molecule has 0 spiro atoms. The minimum atomic E-state index is -0.254. The first kappa shape index (κ1) is 21.1. The number of carbonyl (C=O) groups excluding carboxylic acids is 2. The highest BCUT2D eigenvalue weighted by atomic mass is 16.5. The third-order valence-electron chi connectivity index (χ3n) is 4.04. The number of anilines is 1. The van der Waals surface area contributed by atoms with Crippen LogP contribution in [-0.4, -0.2) is 51.1 Å². The third-order valence-corrected chi connectivity index (χ3v) is 4.04. The van der Waals surface area contributed by atoms with Crippen LogP contribution in [0.2, 0.25) is 0 Å². The molecule has 0 aromatic heterocycles. The predicted molar refractivity (Wildman–Crippen MR) is 107 cm³/mol. The molecule has 2 aromatic carbocycles. The van der Waals surface area contributed by atoms with Gasteiger partial charge in [0.2, 0.25) is 11.8 Å². The van der Waals surface area contributed by atoms with Gasteiger partial charge < -0.3 is 24.4 Å². The van der Waals surface area contributed by atoms with Crippen molar-refractivity contribution in [2.24, 2.45) is 0 Å². The Morgan fingerprint density at radius 3 is 2.00 bits per heavy atom. The summed E-state index contributed by atoms with van der Waals surface area (Å²) < 4.78 is 15.8. The van der Waals surface area contributed by atoms with Crippen molar-refractivity contribution in [3.63, 3.8) is 0 Å². The summed E-state index contributed by atoms with van der Waals surface area (Å²) in [6, 6.07) is 14.3. The molecule has 0 unspecified atom stereocenters. The van der Waals surface area contributed by atoms with Gasteiger partial charge in [0.1, 0.15) is 17.2 Å². The van der Waals surface area contributed by atoms with Crippen LogP contribution >= 0.6 is 0 Å².